The molecule has 1 atom stereocenters. The van der Waals surface area contributed by atoms with Gasteiger partial charge in [-0.05, 0) is 13.8 Å². The summed E-state index contributed by atoms with van der Waals surface area (Å²) in [6.45, 7) is 4.12. The number of hydrogen-bond donors (Lipinski definition) is 1. The number of hydrogen-bond acceptors (Lipinski definition) is 4. The zero-order valence-electron chi connectivity index (χ0n) is 10.9. The topological polar surface area (TPSA) is 73.2 Å². The molecule has 0 aliphatic carbocycles. The largest absolute Gasteiger partial charge is 0.383 e. The van der Waals surface area contributed by atoms with Gasteiger partial charge in [0, 0.05) is 20.7 Å². The number of aromatic nitrogens is 2. The van der Waals surface area contributed by atoms with E-state index in [0.29, 0.717) is 18.0 Å². The van der Waals surface area contributed by atoms with Gasteiger partial charge in [-0.1, -0.05) is 15.9 Å². The fourth-order valence-electron chi connectivity index (χ4n) is 1.66. The van der Waals surface area contributed by atoms with E-state index in [0.717, 1.165) is 0 Å². The lowest BCUT2D eigenvalue weighted by atomic mass is 10.4. The number of alkyl halides is 1. The monoisotopic (exact) mass is 339 g/mol. The minimum absolute atomic E-state index is 0.0606. The number of nitrogens with one attached hydrogen (secondary N) is 1. The molecular formula is C10H18BrN3O3S. The zero-order chi connectivity index (χ0) is 13.9. The van der Waals surface area contributed by atoms with Crippen molar-refractivity contribution in [2.75, 3.05) is 20.3 Å². The van der Waals surface area contributed by atoms with Crippen molar-refractivity contribution in [2.24, 2.45) is 7.05 Å². The van der Waals surface area contributed by atoms with Crippen molar-refractivity contribution < 1.29 is 13.2 Å². The second-order valence-corrected chi connectivity index (χ2v) is 7.03. The Hall–Kier alpha value is -0.440. The minimum atomic E-state index is -3.53. The average molecular weight is 340 g/mol. The molecule has 0 saturated heterocycles. The molecule has 0 amide bonds. The molecule has 0 aliphatic rings. The van der Waals surface area contributed by atoms with E-state index >= 15 is 0 Å². The van der Waals surface area contributed by atoms with Crippen LogP contribution in [0.1, 0.15) is 11.4 Å². The van der Waals surface area contributed by atoms with Crippen molar-refractivity contribution in [3.63, 3.8) is 0 Å². The van der Waals surface area contributed by atoms with Gasteiger partial charge in [-0.25, -0.2) is 13.1 Å². The third-order valence-electron chi connectivity index (χ3n) is 2.55. The zero-order valence-corrected chi connectivity index (χ0v) is 13.3. The molecule has 0 fully saturated rings. The molecule has 0 radical (unpaired) electrons. The molecule has 18 heavy (non-hydrogen) atoms. The molecule has 0 saturated carbocycles. The summed E-state index contributed by atoms with van der Waals surface area (Å²) in [7, 11) is -0.244. The van der Waals surface area contributed by atoms with E-state index < -0.39 is 10.0 Å². The smallest absolute Gasteiger partial charge is 0.244 e. The molecule has 1 aromatic rings. The summed E-state index contributed by atoms with van der Waals surface area (Å²) in [5.41, 5.74) is 1.12. The van der Waals surface area contributed by atoms with E-state index in [9.17, 15) is 8.42 Å². The van der Waals surface area contributed by atoms with E-state index in [1.54, 1.807) is 32.7 Å². The number of sulfonamides is 1. The second kappa shape index (κ2) is 6.14. The van der Waals surface area contributed by atoms with Crippen LogP contribution in [-0.2, 0) is 21.8 Å². The quantitative estimate of drug-likeness (QED) is 0.775. The van der Waals surface area contributed by atoms with Crippen LogP contribution in [0.15, 0.2) is 4.90 Å². The molecule has 8 heteroatoms. The van der Waals surface area contributed by atoms with Gasteiger partial charge in [0.1, 0.15) is 4.90 Å². The first kappa shape index (κ1) is 15.6. The maximum atomic E-state index is 12.2. The fourth-order valence-corrected chi connectivity index (χ4v) is 3.81. The van der Waals surface area contributed by atoms with Gasteiger partial charge < -0.3 is 4.74 Å². The number of halogens is 1. The van der Waals surface area contributed by atoms with E-state index in [-0.39, 0.29) is 16.3 Å². The standard InChI is InChI=1S/C10H18BrN3O3S/c1-7-10(8(2)14(3)13-7)18(15,16)12-5-9(11)6-17-4/h9,12H,5-6H2,1-4H3. The highest BCUT2D eigenvalue weighted by Gasteiger charge is 2.24. The first-order valence-corrected chi connectivity index (χ1v) is 7.82. The average Bonchev–Trinajstić information content (AvgIpc) is 2.51. The lowest BCUT2D eigenvalue weighted by molar-refractivity contribution is 0.201. The minimum Gasteiger partial charge on any atom is -0.383 e. The van der Waals surface area contributed by atoms with Crippen LogP contribution >= 0.6 is 15.9 Å². The molecule has 0 aromatic carbocycles. The molecule has 0 aliphatic heterocycles. The summed E-state index contributed by atoms with van der Waals surface area (Å²) in [5, 5.41) is 4.10. The Morgan fingerprint density at radius 3 is 2.56 bits per heavy atom. The van der Waals surface area contributed by atoms with Crippen molar-refractivity contribution in [3.8, 4) is 0 Å². The lowest BCUT2D eigenvalue weighted by Crippen LogP contribution is -2.32. The number of methoxy groups -OCH3 is 1. The van der Waals surface area contributed by atoms with E-state index in [1.807, 2.05) is 0 Å². The van der Waals surface area contributed by atoms with Gasteiger partial charge in [-0.2, -0.15) is 5.10 Å². The Labute approximate surface area is 116 Å². The second-order valence-electron chi connectivity index (χ2n) is 4.03. The van der Waals surface area contributed by atoms with Crippen LogP contribution in [0.5, 0.6) is 0 Å². The highest BCUT2D eigenvalue weighted by Crippen LogP contribution is 2.18. The molecule has 1 aromatic heterocycles. The Balaban J connectivity index is 2.87. The molecule has 0 bridgehead atoms. The number of ether oxygens (including phenoxy) is 1. The maximum Gasteiger partial charge on any atom is 0.244 e. The van der Waals surface area contributed by atoms with Crippen LogP contribution < -0.4 is 4.72 Å². The summed E-state index contributed by atoms with van der Waals surface area (Å²) >= 11 is 3.33. The van der Waals surface area contributed by atoms with Crippen LogP contribution in [0.3, 0.4) is 0 Å². The van der Waals surface area contributed by atoms with Gasteiger partial charge in [0.15, 0.2) is 0 Å². The Morgan fingerprint density at radius 2 is 2.11 bits per heavy atom. The van der Waals surface area contributed by atoms with Crippen molar-refractivity contribution in [1.29, 1.82) is 0 Å². The maximum absolute atomic E-state index is 12.2. The van der Waals surface area contributed by atoms with Crippen molar-refractivity contribution in [1.82, 2.24) is 14.5 Å². The van der Waals surface area contributed by atoms with Gasteiger partial charge in [0.2, 0.25) is 10.0 Å². The number of nitrogens with zero attached hydrogens (tertiary/aromatic N) is 2. The highest BCUT2D eigenvalue weighted by atomic mass is 79.9. The predicted octanol–water partition coefficient (Wildman–Crippen LogP) is 0.725. The molecule has 1 heterocycles. The molecule has 1 rings (SSSR count). The molecular weight excluding hydrogens is 322 g/mol. The van der Waals surface area contributed by atoms with Crippen LogP contribution in [-0.4, -0.2) is 43.3 Å². The van der Waals surface area contributed by atoms with Gasteiger partial charge >= 0.3 is 0 Å². The van der Waals surface area contributed by atoms with Gasteiger partial charge in [0.05, 0.1) is 22.8 Å². The predicted molar refractivity (Wildman–Crippen MR) is 72.5 cm³/mol. The van der Waals surface area contributed by atoms with Crippen molar-refractivity contribution in [2.45, 2.75) is 23.6 Å². The van der Waals surface area contributed by atoms with Gasteiger partial charge in [0.25, 0.3) is 0 Å². The molecule has 1 N–H and O–H groups in total. The first-order chi connectivity index (χ1) is 8.29. The Kier molecular flexibility index (Phi) is 5.32. The number of rotatable bonds is 6. The Morgan fingerprint density at radius 1 is 1.50 bits per heavy atom. The van der Waals surface area contributed by atoms with Crippen molar-refractivity contribution >= 4 is 26.0 Å². The fraction of sp³-hybridized carbons (Fsp3) is 0.700. The normalized spacial score (nSPS) is 13.8. The summed E-state index contributed by atoms with van der Waals surface area (Å²) in [5.74, 6) is 0. The van der Waals surface area contributed by atoms with Crippen LogP contribution in [0.2, 0.25) is 0 Å². The van der Waals surface area contributed by atoms with Crippen LogP contribution in [0.4, 0.5) is 0 Å². The Bertz CT molecular complexity index is 513. The third kappa shape index (κ3) is 3.53. The summed E-state index contributed by atoms with van der Waals surface area (Å²) < 4.78 is 33.4. The van der Waals surface area contributed by atoms with Crippen LogP contribution in [0, 0.1) is 13.8 Å². The lowest BCUT2D eigenvalue weighted by Gasteiger charge is -2.11. The molecule has 104 valence electrons. The SMILES string of the molecule is COCC(Br)CNS(=O)(=O)c1c(C)nn(C)c1C. The summed E-state index contributed by atoms with van der Waals surface area (Å²) in [6.07, 6.45) is 0. The molecule has 0 spiro atoms. The molecule has 6 nitrogen and oxygen atoms in total. The third-order valence-corrected chi connectivity index (χ3v) is 4.82. The van der Waals surface area contributed by atoms with E-state index in [4.69, 9.17) is 4.74 Å². The molecule has 1 unspecified atom stereocenters. The van der Waals surface area contributed by atoms with Crippen LogP contribution in [0.25, 0.3) is 0 Å². The first-order valence-electron chi connectivity index (χ1n) is 5.42. The van der Waals surface area contributed by atoms with E-state index in [2.05, 4.69) is 25.8 Å². The van der Waals surface area contributed by atoms with Gasteiger partial charge in [-0.3, -0.25) is 4.68 Å². The van der Waals surface area contributed by atoms with Crippen molar-refractivity contribution in [3.05, 3.63) is 11.4 Å². The highest BCUT2D eigenvalue weighted by molar-refractivity contribution is 9.09. The van der Waals surface area contributed by atoms with Gasteiger partial charge in [-0.15, -0.1) is 0 Å². The number of aryl methyl sites for hydroxylation is 2. The summed E-state index contributed by atoms with van der Waals surface area (Å²) in [4.78, 5) is 0.191. The van der Waals surface area contributed by atoms with E-state index in [1.165, 1.54) is 0 Å². The summed E-state index contributed by atoms with van der Waals surface area (Å²) in [6, 6.07) is 0.